The first kappa shape index (κ1) is 8.28. The molecule has 1 N–H and O–H groups in total. The number of rotatable bonds is 3. The van der Waals surface area contributed by atoms with E-state index < -0.39 is 0 Å². The summed E-state index contributed by atoms with van der Waals surface area (Å²) < 4.78 is 0. The Hall–Kier alpha value is -0.820. The van der Waals surface area contributed by atoms with Crippen molar-refractivity contribution < 1.29 is 5.11 Å². The Labute approximate surface area is 67.7 Å². The Balaban J connectivity index is 2.52. The SMILES string of the molecule is Cc1ccc(CCCO)cc1. The quantitative estimate of drug-likeness (QED) is 0.698. The number of aliphatic hydroxyl groups is 1. The summed E-state index contributed by atoms with van der Waals surface area (Å²) in [6.07, 6.45) is 1.85. The zero-order valence-corrected chi connectivity index (χ0v) is 6.88. The van der Waals surface area contributed by atoms with Gasteiger partial charge in [0, 0.05) is 6.61 Å². The van der Waals surface area contributed by atoms with Crippen LogP contribution in [0.5, 0.6) is 0 Å². The Morgan fingerprint density at radius 3 is 2.36 bits per heavy atom. The van der Waals surface area contributed by atoms with E-state index in [4.69, 9.17) is 5.11 Å². The van der Waals surface area contributed by atoms with E-state index >= 15 is 0 Å². The maximum Gasteiger partial charge on any atom is 0.0434 e. The molecule has 1 rings (SSSR count). The first-order chi connectivity index (χ1) is 5.33. The van der Waals surface area contributed by atoms with Crippen molar-refractivity contribution in [2.45, 2.75) is 19.8 Å². The average molecular weight is 150 g/mol. The first-order valence-electron chi connectivity index (χ1n) is 3.99. The minimum Gasteiger partial charge on any atom is -0.396 e. The number of aryl methyl sites for hydroxylation is 2. The van der Waals surface area contributed by atoms with Gasteiger partial charge in [-0.1, -0.05) is 29.8 Å². The molecule has 0 aliphatic carbocycles. The molecule has 1 aromatic carbocycles. The van der Waals surface area contributed by atoms with Crippen LogP contribution in [0.3, 0.4) is 0 Å². The number of benzene rings is 1. The van der Waals surface area contributed by atoms with Crippen LogP contribution in [-0.4, -0.2) is 11.7 Å². The fourth-order valence-corrected chi connectivity index (χ4v) is 1.04. The standard InChI is InChI=1S/C10H14O/c1-9-4-6-10(7-5-9)3-2-8-11/h4-7,11H,2-3,8H2,1H3. The van der Waals surface area contributed by atoms with Crippen LogP contribution in [0.4, 0.5) is 0 Å². The molecule has 1 nitrogen and oxygen atoms in total. The molecule has 0 bridgehead atoms. The highest BCUT2D eigenvalue weighted by atomic mass is 16.2. The normalized spacial score (nSPS) is 10.0. The summed E-state index contributed by atoms with van der Waals surface area (Å²) >= 11 is 0. The molecule has 0 fully saturated rings. The van der Waals surface area contributed by atoms with Gasteiger partial charge >= 0.3 is 0 Å². The predicted octanol–water partition coefficient (Wildman–Crippen LogP) is 1.92. The number of aliphatic hydroxyl groups excluding tert-OH is 1. The van der Waals surface area contributed by atoms with E-state index in [2.05, 4.69) is 31.2 Å². The molecule has 0 amide bonds. The van der Waals surface area contributed by atoms with Crippen molar-refractivity contribution in [3.05, 3.63) is 35.4 Å². The topological polar surface area (TPSA) is 20.2 Å². The monoisotopic (exact) mass is 150 g/mol. The third-order valence-corrected chi connectivity index (χ3v) is 1.74. The molecule has 0 unspecified atom stereocenters. The van der Waals surface area contributed by atoms with E-state index in [0.717, 1.165) is 12.8 Å². The first-order valence-corrected chi connectivity index (χ1v) is 3.99. The smallest absolute Gasteiger partial charge is 0.0434 e. The van der Waals surface area contributed by atoms with E-state index in [1.807, 2.05) is 0 Å². The van der Waals surface area contributed by atoms with Gasteiger partial charge in [0.2, 0.25) is 0 Å². The molecule has 60 valence electrons. The Kier molecular flexibility index (Phi) is 3.12. The van der Waals surface area contributed by atoms with Crippen molar-refractivity contribution in [3.63, 3.8) is 0 Å². The lowest BCUT2D eigenvalue weighted by Gasteiger charge is -1.98. The second-order valence-corrected chi connectivity index (χ2v) is 2.81. The van der Waals surface area contributed by atoms with E-state index in [0.29, 0.717) is 0 Å². The van der Waals surface area contributed by atoms with Crippen molar-refractivity contribution >= 4 is 0 Å². The fourth-order valence-electron chi connectivity index (χ4n) is 1.04. The second-order valence-electron chi connectivity index (χ2n) is 2.81. The van der Waals surface area contributed by atoms with Crippen LogP contribution in [0.1, 0.15) is 17.5 Å². The summed E-state index contributed by atoms with van der Waals surface area (Å²) in [5.41, 5.74) is 2.60. The van der Waals surface area contributed by atoms with Gasteiger partial charge in [0.15, 0.2) is 0 Å². The molecular weight excluding hydrogens is 136 g/mol. The van der Waals surface area contributed by atoms with Gasteiger partial charge in [-0.05, 0) is 25.3 Å². The van der Waals surface area contributed by atoms with Crippen LogP contribution in [0.15, 0.2) is 24.3 Å². The summed E-state index contributed by atoms with van der Waals surface area (Å²) in [5, 5.41) is 8.58. The van der Waals surface area contributed by atoms with Crippen molar-refractivity contribution in [2.75, 3.05) is 6.61 Å². The summed E-state index contributed by atoms with van der Waals surface area (Å²) in [6.45, 7) is 2.36. The lowest BCUT2D eigenvalue weighted by atomic mass is 10.1. The number of hydrogen-bond donors (Lipinski definition) is 1. The molecule has 0 spiro atoms. The molecule has 11 heavy (non-hydrogen) atoms. The van der Waals surface area contributed by atoms with Gasteiger partial charge in [0.25, 0.3) is 0 Å². The van der Waals surface area contributed by atoms with Crippen molar-refractivity contribution in [1.29, 1.82) is 0 Å². The van der Waals surface area contributed by atoms with Gasteiger partial charge < -0.3 is 5.11 Å². The molecule has 0 atom stereocenters. The molecule has 0 saturated heterocycles. The van der Waals surface area contributed by atoms with Crippen molar-refractivity contribution in [3.8, 4) is 0 Å². The summed E-state index contributed by atoms with van der Waals surface area (Å²) in [7, 11) is 0. The maximum absolute atomic E-state index is 8.58. The van der Waals surface area contributed by atoms with Gasteiger partial charge in [-0.25, -0.2) is 0 Å². The highest BCUT2D eigenvalue weighted by molar-refractivity contribution is 5.21. The minimum atomic E-state index is 0.286. The zero-order chi connectivity index (χ0) is 8.10. The average Bonchev–Trinajstić information content (AvgIpc) is 2.04. The summed E-state index contributed by atoms with van der Waals surface area (Å²) in [5.74, 6) is 0. The molecule has 0 radical (unpaired) electrons. The zero-order valence-electron chi connectivity index (χ0n) is 6.88. The molecule has 0 heterocycles. The van der Waals surface area contributed by atoms with Gasteiger partial charge in [-0.3, -0.25) is 0 Å². The van der Waals surface area contributed by atoms with Crippen molar-refractivity contribution in [2.24, 2.45) is 0 Å². The van der Waals surface area contributed by atoms with Gasteiger partial charge in [0.1, 0.15) is 0 Å². The van der Waals surface area contributed by atoms with Gasteiger partial charge in [0.05, 0.1) is 0 Å². The fraction of sp³-hybridized carbons (Fsp3) is 0.400. The Morgan fingerprint density at radius 1 is 1.18 bits per heavy atom. The second kappa shape index (κ2) is 4.14. The molecule has 0 aliphatic rings. The minimum absolute atomic E-state index is 0.286. The summed E-state index contributed by atoms with van der Waals surface area (Å²) in [6, 6.07) is 8.44. The van der Waals surface area contributed by atoms with Crippen LogP contribution in [0, 0.1) is 6.92 Å². The summed E-state index contributed by atoms with van der Waals surface area (Å²) in [4.78, 5) is 0. The lowest BCUT2D eigenvalue weighted by molar-refractivity contribution is 0.288. The van der Waals surface area contributed by atoms with E-state index in [-0.39, 0.29) is 6.61 Å². The Bertz CT molecular complexity index is 201. The van der Waals surface area contributed by atoms with Crippen molar-refractivity contribution in [1.82, 2.24) is 0 Å². The van der Waals surface area contributed by atoms with Crippen LogP contribution in [0.2, 0.25) is 0 Å². The van der Waals surface area contributed by atoms with E-state index in [1.165, 1.54) is 11.1 Å². The van der Waals surface area contributed by atoms with Crippen LogP contribution in [-0.2, 0) is 6.42 Å². The third-order valence-electron chi connectivity index (χ3n) is 1.74. The number of hydrogen-bond acceptors (Lipinski definition) is 1. The molecule has 1 aromatic rings. The molecule has 0 aromatic heterocycles. The molecule has 0 aliphatic heterocycles. The Morgan fingerprint density at radius 2 is 1.82 bits per heavy atom. The van der Waals surface area contributed by atoms with E-state index in [9.17, 15) is 0 Å². The predicted molar refractivity (Wildman–Crippen MR) is 46.6 cm³/mol. The van der Waals surface area contributed by atoms with Gasteiger partial charge in [-0.2, -0.15) is 0 Å². The van der Waals surface area contributed by atoms with Crippen LogP contribution in [0.25, 0.3) is 0 Å². The highest BCUT2D eigenvalue weighted by Crippen LogP contribution is 2.04. The van der Waals surface area contributed by atoms with Gasteiger partial charge in [-0.15, -0.1) is 0 Å². The molecule has 1 heteroatoms. The largest absolute Gasteiger partial charge is 0.396 e. The maximum atomic E-state index is 8.58. The molecule has 0 saturated carbocycles. The van der Waals surface area contributed by atoms with Crippen LogP contribution >= 0.6 is 0 Å². The highest BCUT2D eigenvalue weighted by Gasteiger charge is 1.90. The van der Waals surface area contributed by atoms with Crippen LogP contribution < -0.4 is 0 Å². The van der Waals surface area contributed by atoms with E-state index in [1.54, 1.807) is 0 Å². The third kappa shape index (κ3) is 2.72. The molecular formula is C10H14O. The lowest BCUT2D eigenvalue weighted by Crippen LogP contribution is -1.88.